The number of H-pyrrole nitrogens is 1. The monoisotopic (exact) mass is 211 g/mol. The summed E-state index contributed by atoms with van der Waals surface area (Å²) >= 11 is 0. The molecule has 0 fully saturated rings. The highest BCUT2D eigenvalue weighted by molar-refractivity contribution is 5.01. The molecule has 0 unspecified atom stereocenters. The number of imidazole rings is 1. The number of aromatic amines is 1. The molecule has 1 heterocycles. The fourth-order valence-corrected chi connectivity index (χ4v) is 1.18. The maximum absolute atomic E-state index is 4.99. The van der Waals surface area contributed by atoms with Crippen molar-refractivity contribution in [1.82, 2.24) is 15.3 Å². The molecule has 0 aliphatic carbocycles. The molecule has 0 bridgehead atoms. The Morgan fingerprint density at radius 3 is 2.80 bits per heavy atom. The fourth-order valence-electron chi connectivity index (χ4n) is 1.18. The summed E-state index contributed by atoms with van der Waals surface area (Å²) in [6, 6.07) is 0. The van der Waals surface area contributed by atoms with Gasteiger partial charge in [-0.15, -0.1) is 0 Å². The SMILES string of the molecule is COCCc1ncc(CNC(C)(C)C)[nH]1. The van der Waals surface area contributed by atoms with E-state index < -0.39 is 0 Å². The predicted molar refractivity (Wildman–Crippen MR) is 60.8 cm³/mol. The lowest BCUT2D eigenvalue weighted by Gasteiger charge is -2.19. The number of nitrogens with zero attached hydrogens (tertiary/aromatic N) is 1. The van der Waals surface area contributed by atoms with Crippen LogP contribution in [0.5, 0.6) is 0 Å². The molecule has 1 rings (SSSR count). The van der Waals surface area contributed by atoms with Gasteiger partial charge in [0.25, 0.3) is 0 Å². The smallest absolute Gasteiger partial charge is 0.108 e. The van der Waals surface area contributed by atoms with Gasteiger partial charge in [0.2, 0.25) is 0 Å². The van der Waals surface area contributed by atoms with Crippen LogP contribution in [0, 0.1) is 0 Å². The zero-order valence-corrected chi connectivity index (χ0v) is 10.1. The van der Waals surface area contributed by atoms with Gasteiger partial charge in [0.15, 0.2) is 0 Å². The predicted octanol–water partition coefficient (Wildman–Crippen LogP) is 1.49. The highest BCUT2D eigenvalue weighted by Crippen LogP contribution is 2.03. The third-order valence-corrected chi connectivity index (χ3v) is 2.03. The zero-order chi connectivity index (χ0) is 11.3. The van der Waals surface area contributed by atoms with Gasteiger partial charge in [0.05, 0.1) is 6.61 Å². The van der Waals surface area contributed by atoms with E-state index in [0.29, 0.717) is 6.61 Å². The van der Waals surface area contributed by atoms with Crippen molar-refractivity contribution in [1.29, 1.82) is 0 Å². The highest BCUT2D eigenvalue weighted by Gasteiger charge is 2.09. The molecule has 4 nitrogen and oxygen atoms in total. The van der Waals surface area contributed by atoms with Crippen molar-refractivity contribution in [2.24, 2.45) is 0 Å². The Labute approximate surface area is 91.4 Å². The first kappa shape index (κ1) is 12.2. The van der Waals surface area contributed by atoms with E-state index in [4.69, 9.17) is 4.74 Å². The summed E-state index contributed by atoms with van der Waals surface area (Å²) in [5.74, 6) is 0.988. The van der Waals surface area contributed by atoms with Gasteiger partial charge in [-0.05, 0) is 20.8 Å². The van der Waals surface area contributed by atoms with Gasteiger partial charge in [-0.2, -0.15) is 0 Å². The van der Waals surface area contributed by atoms with Crippen molar-refractivity contribution in [2.45, 2.75) is 39.3 Å². The number of aromatic nitrogens is 2. The molecule has 0 saturated heterocycles. The molecular weight excluding hydrogens is 190 g/mol. The number of nitrogens with one attached hydrogen (secondary N) is 2. The minimum absolute atomic E-state index is 0.137. The molecule has 15 heavy (non-hydrogen) atoms. The molecule has 0 radical (unpaired) electrons. The second-order valence-electron chi connectivity index (χ2n) is 4.70. The van der Waals surface area contributed by atoms with Crippen LogP contribution in [-0.4, -0.2) is 29.2 Å². The maximum Gasteiger partial charge on any atom is 0.108 e. The van der Waals surface area contributed by atoms with Crippen molar-refractivity contribution in [3.05, 3.63) is 17.7 Å². The number of rotatable bonds is 5. The molecule has 0 amide bonds. The van der Waals surface area contributed by atoms with Gasteiger partial charge >= 0.3 is 0 Å². The van der Waals surface area contributed by atoms with Crippen LogP contribution in [0.25, 0.3) is 0 Å². The molecule has 0 saturated carbocycles. The number of hydrogen-bond donors (Lipinski definition) is 2. The van der Waals surface area contributed by atoms with Crippen molar-refractivity contribution in [3.8, 4) is 0 Å². The van der Waals surface area contributed by atoms with Gasteiger partial charge in [-0.1, -0.05) is 0 Å². The lowest BCUT2D eigenvalue weighted by Crippen LogP contribution is -2.35. The average molecular weight is 211 g/mol. The Bertz CT molecular complexity index is 288. The summed E-state index contributed by atoms with van der Waals surface area (Å²) in [5, 5.41) is 3.41. The van der Waals surface area contributed by atoms with Crippen molar-refractivity contribution in [3.63, 3.8) is 0 Å². The topological polar surface area (TPSA) is 49.9 Å². The minimum atomic E-state index is 0.137. The van der Waals surface area contributed by atoms with Crippen molar-refractivity contribution < 1.29 is 4.74 Å². The molecule has 86 valence electrons. The van der Waals surface area contributed by atoms with Gasteiger partial charge < -0.3 is 15.0 Å². The van der Waals surface area contributed by atoms with Crippen LogP contribution in [0.4, 0.5) is 0 Å². The lowest BCUT2D eigenvalue weighted by molar-refractivity contribution is 0.200. The van der Waals surface area contributed by atoms with Crippen LogP contribution in [-0.2, 0) is 17.7 Å². The Morgan fingerprint density at radius 2 is 2.20 bits per heavy atom. The maximum atomic E-state index is 4.99. The van der Waals surface area contributed by atoms with E-state index in [0.717, 1.165) is 24.5 Å². The van der Waals surface area contributed by atoms with Crippen LogP contribution in [0.15, 0.2) is 6.20 Å². The number of hydrogen-bond acceptors (Lipinski definition) is 3. The molecule has 0 aromatic carbocycles. The van der Waals surface area contributed by atoms with Crippen LogP contribution in [0.2, 0.25) is 0 Å². The highest BCUT2D eigenvalue weighted by atomic mass is 16.5. The quantitative estimate of drug-likeness (QED) is 0.775. The molecule has 4 heteroatoms. The second-order valence-corrected chi connectivity index (χ2v) is 4.70. The van der Waals surface area contributed by atoms with E-state index in [1.165, 1.54) is 0 Å². The summed E-state index contributed by atoms with van der Waals surface area (Å²) in [6.07, 6.45) is 2.72. The molecule has 1 aromatic rings. The Balaban J connectivity index is 2.39. The molecule has 0 aliphatic rings. The van der Waals surface area contributed by atoms with Gasteiger partial charge in [0, 0.05) is 37.5 Å². The number of methoxy groups -OCH3 is 1. The van der Waals surface area contributed by atoms with E-state index in [2.05, 4.69) is 36.1 Å². The van der Waals surface area contributed by atoms with Gasteiger partial charge in [-0.25, -0.2) is 4.98 Å². The first-order valence-electron chi connectivity index (χ1n) is 5.28. The van der Waals surface area contributed by atoms with E-state index in [1.54, 1.807) is 7.11 Å². The lowest BCUT2D eigenvalue weighted by atomic mass is 10.1. The summed E-state index contributed by atoms with van der Waals surface area (Å²) in [7, 11) is 1.70. The Hall–Kier alpha value is -0.870. The van der Waals surface area contributed by atoms with Crippen LogP contribution < -0.4 is 5.32 Å². The molecule has 2 N–H and O–H groups in total. The third kappa shape index (κ3) is 4.95. The molecular formula is C11H21N3O. The average Bonchev–Trinajstić information content (AvgIpc) is 2.58. The zero-order valence-electron chi connectivity index (χ0n) is 10.1. The molecule has 0 atom stereocenters. The normalized spacial score (nSPS) is 12.0. The second kappa shape index (κ2) is 5.28. The summed E-state index contributed by atoms with van der Waals surface area (Å²) in [5.41, 5.74) is 1.26. The largest absolute Gasteiger partial charge is 0.384 e. The van der Waals surface area contributed by atoms with Crippen molar-refractivity contribution >= 4 is 0 Å². The van der Waals surface area contributed by atoms with E-state index in [9.17, 15) is 0 Å². The summed E-state index contributed by atoms with van der Waals surface area (Å²) in [6.45, 7) is 7.97. The molecule has 1 aromatic heterocycles. The van der Waals surface area contributed by atoms with E-state index in [-0.39, 0.29) is 5.54 Å². The van der Waals surface area contributed by atoms with Crippen LogP contribution in [0.1, 0.15) is 32.3 Å². The number of ether oxygens (including phenoxy) is 1. The summed E-state index contributed by atoms with van der Waals surface area (Å²) < 4.78 is 4.99. The summed E-state index contributed by atoms with van der Waals surface area (Å²) in [4.78, 5) is 7.55. The standard InChI is InChI=1S/C11H21N3O/c1-11(2,3)13-8-9-7-12-10(14-9)5-6-15-4/h7,13H,5-6,8H2,1-4H3,(H,12,14). The van der Waals surface area contributed by atoms with Crippen molar-refractivity contribution in [2.75, 3.05) is 13.7 Å². The Morgan fingerprint density at radius 1 is 1.47 bits per heavy atom. The third-order valence-electron chi connectivity index (χ3n) is 2.03. The van der Waals surface area contributed by atoms with E-state index in [1.807, 2.05) is 6.20 Å². The van der Waals surface area contributed by atoms with Crippen LogP contribution in [0.3, 0.4) is 0 Å². The minimum Gasteiger partial charge on any atom is -0.384 e. The first-order chi connectivity index (χ1) is 7.01. The first-order valence-corrected chi connectivity index (χ1v) is 5.28. The van der Waals surface area contributed by atoms with Gasteiger partial charge in [-0.3, -0.25) is 0 Å². The fraction of sp³-hybridized carbons (Fsp3) is 0.727. The molecule has 0 aliphatic heterocycles. The Kier molecular flexibility index (Phi) is 4.29. The van der Waals surface area contributed by atoms with Gasteiger partial charge in [0.1, 0.15) is 5.82 Å². The van der Waals surface area contributed by atoms with Crippen LogP contribution >= 0.6 is 0 Å². The van der Waals surface area contributed by atoms with E-state index >= 15 is 0 Å². The molecule has 0 spiro atoms.